The van der Waals surface area contributed by atoms with E-state index in [4.69, 9.17) is 23.2 Å². The summed E-state index contributed by atoms with van der Waals surface area (Å²) in [4.78, 5) is 28.2. The molecule has 39 heavy (non-hydrogen) atoms. The van der Waals surface area contributed by atoms with Crippen LogP contribution in [-0.4, -0.2) is 50.3 Å². The number of hydrogen-bond donors (Lipinski definition) is 1. The minimum atomic E-state index is -4.23. The van der Waals surface area contributed by atoms with E-state index in [9.17, 15) is 18.0 Å². The second-order valence-electron chi connectivity index (χ2n) is 9.58. The molecule has 0 aliphatic heterocycles. The summed E-state index contributed by atoms with van der Waals surface area (Å²) in [7, 11) is -4.23. The van der Waals surface area contributed by atoms with Crippen LogP contribution in [0.15, 0.2) is 77.7 Å². The Kier molecular flexibility index (Phi) is 10.4. The Labute approximate surface area is 240 Å². The summed E-state index contributed by atoms with van der Waals surface area (Å²) in [6.45, 7) is 6.77. The maximum atomic E-state index is 13.9. The molecule has 1 N–H and O–H groups in total. The zero-order valence-corrected chi connectivity index (χ0v) is 24.7. The van der Waals surface area contributed by atoms with Crippen LogP contribution in [0.3, 0.4) is 0 Å². The second-order valence-corrected chi connectivity index (χ2v) is 12.3. The van der Waals surface area contributed by atoms with E-state index in [1.807, 2.05) is 51.1 Å². The lowest BCUT2D eigenvalue weighted by Gasteiger charge is -2.32. The Morgan fingerprint density at radius 1 is 0.923 bits per heavy atom. The molecule has 7 nitrogen and oxygen atoms in total. The molecule has 10 heteroatoms. The van der Waals surface area contributed by atoms with Crippen molar-refractivity contribution in [2.75, 3.05) is 17.4 Å². The largest absolute Gasteiger partial charge is 0.352 e. The summed E-state index contributed by atoms with van der Waals surface area (Å²) in [6.07, 6.45) is 0.481. The van der Waals surface area contributed by atoms with Gasteiger partial charge in [0.15, 0.2) is 0 Å². The summed E-state index contributed by atoms with van der Waals surface area (Å²) in [5.74, 6) is -0.885. The van der Waals surface area contributed by atoms with Gasteiger partial charge in [-0.2, -0.15) is 0 Å². The van der Waals surface area contributed by atoms with Crippen LogP contribution in [0.4, 0.5) is 5.69 Å². The number of carbonyl (C=O) groups is 2. The van der Waals surface area contributed by atoms with Crippen LogP contribution >= 0.6 is 23.2 Å². The van der Waals surface area contributed by atoms with E-state index in [1.54, 1.807) is 19.1 Å². The summed E-state index contributed by atoms with van der Waals surface area (Å²) in [6, 6.07) is 19.3. The monoisotopic (exact) mass is 589 g/mol. The Morgan fingerprint density at radius 3 is 2.18 bits per heavy atom. The zero-order valence-electron chi connectivity index (χ0n) is 22.4. The number of hydrogen-bond acceptors (Lipinski definition) is 4. The minimum absolute atomic E-state index is 0.00150. The third kappa shape index (κ3) is 7.97. The first kappa shape index (κ1) is 30.5. The molecular weight excluding hydrogens is 557 g/mol. The van der Waals surface area contributed by atoms with Crippen molar-refractivity contribution in [3.63, 3.8) is 0 Å². The molecule has 0 heterocycles. The predicted molar refractivity (Wildman–Crippen MR) is 157 cm³/mol. The summed E-state index contributed by atoms with van der Waals surface area (Å²) in [5.41, 5.74) is 1.93. The van der Waals surface area contributed by atoms with Gasteiger partial charge in [0.2, 0.25) is 11.8 Å². The van der Waals surface area contributed by atoms with Gasteiger partial charge in [0.05, 0.1) is 15.6 Å². The Hall–Kier alpha value is -3.07. The Morgan fingerprint density at radius 2 is 1.56 bits per heavy atom. The first-order valence-corrected chi connectivity index (χ1v) is 14.8. The van der Waals surface area contributed by atoms with Crippen LogP contribution in [0.5, 0.6) is 0 Å². The standard InChI is InChI=1S/C29H33Cl2N3O4S/c1-20(2)32-29(36)22(4)33(17-16-23-8-6-5-7-9-23)28(35)19-34(27-18-24(30)12-15-26(27)31)39(37,38)25-13-10-21(3)11-14-25/h5-15,18,20,22H,16-17,19H2,1-4H3,(H,32,36). The molecule has 0 fully saturated rings. The van der Waals surface area contributed by atoms with Gasteiger partial charge in [-0.3, -0.25) is 13.9 Å². The van der Waals surface area contributed by atoms with Gasteiger partial charge >= 0.3 is 0 Å². The van der Waals surface area contributed by atoms with Gasteiger partial charge in [0, 0.05) is 17.6 Å². The molecule has 208 valence electrons. The van der Waals surface area contributed by atoms with Crippen LogP contribution in [-0.2, 0) is 26.0 Å². The smallest absolute Gasteiger partial charge is 0.264 e. The van der Waals surface area contributed by atoms with Crippen molar-refractivity contribution in [1.82, 2.24) is 10.2 Å². The normalized spacial score (nSPS) is 12.2. The highest BCUT2D eigenvalue weighted by atomic mass is 35.5. The van der Waals surface area contributed by atoms with E-state index in [0.29, 0.717) is 6.42 Å². The van der Waals surface area contributed by atoms with Gasteiger partial charge in [0.1, 0.15) is 12.6 Å². The van der Waals surface area contributed by atoms with Crippen LogP contribution < -0.4 is 9.62 Å². The Balaban J connectivity index is 2.02. The molecule has 0 aliphatic carbocycles. The topological polar surface area (TPSA) is 86.8 Å². The van der Waals surface area contributed by atoms with Crippen molar-refractivity contribution in [2.45, 2.75) is 51.1 Å². The third-order valence-electron chi connectivity index (χ3n) is 6.15. The fourth-order valence-corrected chi connectivity index (χ4v) is 5.86. The number of nitrogens with one attached hydrogen (secondary N) is 1. The fourth-order valence-electron chi connectivity index (χ4n) is 4.00. The molecule has 0 radical (unpaired) electrons. The zero-order chi connectivity index (χ0) is 28.7. The number of amides is 2. The molecule has 0 saturated heterocycles. The van der Waals surface area contributed by atoms with E-state index in [0.717, 1.165) is 15.4 Å². The van der Waals surface area contributed by atoms with Gasteiger partial charge in [-0.15, -0.1) is 0 Å². The lowest BCUT2D eigenvalue weighted by molar-refractivity contribution is -0.139. The summed E-state index contributed by atoms with van der Waals surface area (Å²) < 4.78 is 28.7. The molecule has 1 unspecified atom stereocenters. The highest BCUT2D eigenvalue weighted by Gasteiger charge is 2.33. The average Bonchev–Trinajstić information content (AvgIpc) is 2.89. The number of sulfonamides is 1. The molecule has 2 amide bonds. The van der Waals surface area contributed by atoms with Crippen molar-refractivity contribution in [2.24, 2.45) is 0 Å². The molecule has 3 aromatic carbocycles. The van der Waals surface area contributed by atoms with Gasteiger partial charge in [-0.1, -0.05) is 71.2 Å². The number of carbonyl (C=O) groups excluding carboxylic acids is 2. The number of aryl methyl sites for hydroxylation is 1. The van der Waals surface area contributed by atoms with E-state index in [1.165, 1.54) is 35.2 Å². The van der Waals surface area contributed by atoms with Crippen LogP contribution in [0.2, 0.25) is 10.0 Å². The van der Waals surface area contributed by atoms with Gasteiger partial charge < -0.3 is 10.2 Å². The van der Waals surface area contributed by atoms with Crippen LogP contribution in [0.25, 0.3) is 0 Å². The maximum Gasteiger partial charge on any atom is 0.264 e. The number of nitrogens with zero attached hydrogens (tertiary/aromatic N) is 2. The molecule has 0 saturated carbocycles. The average molecular weight is 591 g/mol. The third-order valence-corrected chi connectivity index (χ3v) is 8.48. The van der Waals surface area contributed by atoms with E-state index in [-0.39, 0.29) is 39.1 Å². The molecule has 0 spiro atoms. The van der Waals surface area contributed by atoms with Gasteiger partial charge in [-0.25, -0.2) is 8.42 Å². The fraction of sp³-hybridized carbons (Fsp3) is 0.310. The molecule has 1 atom stereocenters. The summed E-state index contributed by atoms with van der Waals surface area (Å²) in [5, 5.41) is 3.21. The van der Waals surface area contributed by atoms with Crippen molar-refractivity contribution < 1.29 is 18.0 Å². The van der Waals surface area contributed by atoms with Crippen LogP contribution in [0.1, 0.15) is 31.9 Å². The SMILES string of the molecule is Cc1ccc(S(=O)(=O)N(CC(=O)N(CCc2ccccc2)C(C)C(=O)NC(C)C)c2cc(Cl)ccc2Cl)cc1. The Bertz CT molecular complexity index is 1400. The number of benzene rings is 3. The molecular formula is C29H33Cl2N3O4S. The van der Waals surface area contributed by atoms with E-state index < -0.39 is 28.5 Å². The lowest BCUT2D eigenvalue weighted by atomic mass is 10.1. The van der Waals surface area contributed by atoms with Crippen molar-refractivity contribution in [1.29, 1.82) is 0 Å². The van der Waals surface area contributed by atoms with Crippen LogP contribution in [0, 0.1) is 6.92 Å². The summed E-state index contributed by atoms with van der Waals surface area (Å²) >= 11 is 12.6. The first-order valence-electron chi connectivity index (χ1n) is 12.6. The predicted octanol–water partition coefficient (Wildman–Crippen LogP) is 5.48. The quantitative estimate of drug-likeness (QED) is 0.321. The number of rotatable bonds is 11. The highest BCUT2D eigenvalue weighted by Crippen LogP contribution is 2.33. The molecule has 0 bridgehead atoms. The van der Waals surface area contributed by atoms with Crippen molar-refractivity contribution >= 4 is 50.7 Å². The maximum absolute atomic E-state index is 13.9. The molecule has 0 aliphatic rings. The highest BCUT2D eigenvalue weighted by molar-refractivity contribution is 7.92. The molecule has 0 aromatic heterocycles. The van der Waals surface area contributed by atoms with E-state index >= 15 is 0 Å². The van der Waals surface area contributed by atoms with E-state index in [2.05, 4.69) is 5.32 Å². The van der Waals surface area contributed by atoms with Gasteiger partial charge in [0.25, 0.3) is 10.0 Å². The number of anilines is 1. The number of halogens is 2. The minimum Gasteiger partial charge on any atom is -0.352 e. The lowest BCUT2D eigenvalue weighted by Crippen LogP contribution is -2.53. The van der Waals surface area contributed by atoms with Crippen molar-refractivity contribution in [3.05, 3.63) is 94.0 Å². The molecule has 3 rings (SSSR count). The van der Waals surface area contributed by atoms with Gasteiger partial charge in [-0.05, 0) is 70.0 Å². The molecule has 3 aromatic rings. The first-order chi connectivity index (χ1) is 18.4. The van der Waals surface area contributed by atoms with Crippen molar-refractivity contribution in [3.8, 4) is 0 Å². The second kappa shape index (κ2) is 13.3.